The zero-order valence-corrected chi connectivity index (χ0v) is 7.84. The quantitative estimate of drug-likeness (QED) is 0.697. The van der Waals surface area contributed by atoms with Crippen LogP contribution in [0.15, 0.2) is 17.5 Å². The molecule has 6 heteroatoms. The smallest absolute Gasteiger partial charge is 0.354 e. The summed E-state index contributed by atoms with van der Waals surface area (Å²) in [5.74, 6) is -0.845. The number of carboxylic acid groups (broad SMARTS) is 1. The summed E-state index contributed by atoms with van der Waals surface area (Å²) < 4.78 is 0. The molecule has 0 bridgehead atoms. The Bertz CT molecular complexity index is 461. The molecule has 2 heterocycles. The minimum Gasteiger partial charge on any atom is -0.477 e. The van der Waals surface area contributed by atoms with Crippen LogP contribution >= 0.6 is 11.3 Å². The number of hydrogen-bond acceptors (Lipinski definition) is 4. The monoisotopic (exact) mass is 209 g/mol. The van der Waals surface area contributed by atoms with E-state index in [0.717, 1.165) is 4.88 Å². The molecule has 0 aliphatic carbocycles. The minimum absolute atomic E-state index is 0.0324. The second kappa shape index (κ2) is 3.15. The second-order valence-electron chi connectivity index (χ2n) is 2.64. The number of nitrogens with zero attached hydrogens (tertiary/aromatic N) is 1. The highest BCUT2D eigenvalue weighted by Gasteiger charge is 2.18. The molecule has 2 aromatic heterocycles. The van der Waals surface area contributed by atoms with Crippen LogP contribution in [0.5, 0.6) is 0 Å². The van der Waals surface area contributed by atoms with Crippen molar-refractivity contribution in [2.24, 2.45) is 0 Å². The summed E-state index contributed by atoms with van der Waals surface area (Å²) in [4.78, 5) is 11.6. The largest absolute Gasteiger partial charge is 0.477 e. The Balaban J connectivity index is 2.62. The van der Waals surface area contributed by atoms with Crippen molar-refractivity contribution >= 4 is 23.1 Å². The molecule has 0 radical (unpaired) electrons. The molecule has 0 atom stereocenters. The highest BCUT2D eigenvalue weighted by atomic mass is 32.1. The van der Waals surface area contributed by atoms with Crippen LogP contribution in [-0.2, 0) is 0 Å². The first-order valence-electron chi connectivity index (χ1n) is 3.81. The van der Waals surface area contributed by atoms with Gasteiger partial charge in [-0.05, 0) is 11.4 Å². The number of carboxylic acids is 1. The van der Waals surface area contributed by atoms with Gasteiger partial charge in [0.05, 0.1) is 5.56 Å². The average Bonchev–Trinajstić information content (AvgIpc) is 2.71. The maximum Gasteiger partial charge on any atom is 0.354 e. The Labute approximate surface area is 83.2 Å². The van der Waals surface area contributed by atoms with Crippen LogP contribution in [-0.4, -0.2) is 21.3 Å². The van der Waals surface area contributed by atoms with Crippen LogP contribution in [0.25, 0.3) is 10.4 Å². The first-order valence-corrected chi connectivity index (χ1v) is 4.69. The lowest BCUT2D eigenvalue weighted by Gasteiger charge is -1.95. The van der Waals surface area contributed by atoms with E-state index >= 15 is 0 Å². The number of nitrogens with one attached hydrogen (secondary N) is 1. The molecule has 2 aromatic rings. The lowest BCUT2D eigenvalue weighted by Crippen LogP contribution is -1.98. The van der Waals surface area contributed by atoms with Gasteiger partial charge in [-0.25, -0.2) is 4.79 Å². The lowest BCUT2D eigenvalue weighted by atomic mass is 10.2. The molecule has 0 saturated carbocycles. The number of anilines is 1. The minimum atomic E-state index is -1.06. The van der Waals surface area contributed by atoms with E-state index in [2.05, 4.69) is 10.2 Å². The molecule has 0 unspecified atom stereocenters. The molecule has 0 aliphatic heterocycles. The summed E-state index contributed by atoms with van der Waals surface area (Å²) >= 11 is 1.42. The summed E-state index contributed by atoms with van der Waals surface area (Å²) in [5, 5.41) is 16.8. The fourth-order valence-electron chi connectivity index (χ4n) is 1.18. The van der Waals surface area contributed by atoms with Crippen molar-refractivity contribution in [2.75, 3.05) is 5.73 Å². The maximum absolute atomic E-state index is 10.8. The van der Waals surface area contributed by atoms with Crippen LogP contribution in [0, 0.1) is 0 Å². The zero-order chi connectivity index (χ0) is 10.1. The van der Waals surface area contributed by atoms with Crippen molar-refractivity contribution in [3.8, 4) is 10.4 Å². The molecule has 0 fully saturated rings. The Morgan fingerprint density at radius 1 is 1.64 bits per heavy atom. The third-order valence-electron chi connectivity index (χ3n) is 1.78. The highest BCUT2D eigenvalue weighted by molar-refractivity contribution is 7.13. The number of rotatable bonds is 2. The van der Waals surface area contributed by atoms with Crippen LogP contribution in [0.4, 0.5) is 5.82 Å². The fraction of sp³-hybridized carbons (Fsp3) is 0. The molecule has 0 aliphatic rings. The Hall–Kier alpha value is -1.82. The maximum atomic E-state index is 10.8. The molecule has 0 spiro atoms. The number of thiophene rings is 1. The number of aromatic nitrogens is 2. The standard InChI is InChI=1S/C8H7N3O2S/c9-7-5(4-2-1-3-14-4)6(8(12)13)10-11-7/h1-3H,(H,12,13)(H3,9,10,11). The van der Waals surface area contributed by atoms with Gasteiger partial charge in [-0.15, -0.1) is 11.3 Å². The van der Waals surface area contributed by atoms with Crippen molar-refractivity contribution in [2.45, 2.75) is 0 Å². The molecule has 0 saturated heterocycles. The molecule has 0 amide bonds. The Kier molecular flexibility index (Phi) is 1.97. The molecule has 0 aromatic carbocycles. The molecule has 2 rings (SSSR count). The Morgan fingerprint density at radius 2 is 2.43 bits per heavy atom. The summed E-state index contributed by atoms with van der Waals surface area (Å²) in [7, 11) is 0. The number of nitrogen functional groups attached to an aromatic ring is 1. The SMILES string of the molecule is Nc1n[nH]c(C(=O)O)c1-c1cccs1. The second-order valence-corrected chi connectivity index (χ2v) is 3.59. The zero-order valence-electron chi connectivity index (χ0n) is 7.02. The van der Waals surface area contributed by atoms with Crippen molar-refractivity contribution in [3.63, 3.8) is 0 Å². The molecule has 14 heavy (non-hydrogen) atoms. The van der Waals surface area contributed by atoms with Crippen molar-refractivity contribution in [1.29, 1.82) is 0 Å². The van der Waals surface area contributed by atoms with Gasteiger partial charge in [0, 0.05) is 4.88 Å². The van der Waals surface area contributed by atoms with Gasteiger partial charge < -0.3 is 10.8 Å². The predicted molar refractivity (Wildman–Crippen MR) is 53.3 cm³/mol. The van der Waals surface area contributed by atoms with Gasteiger partial charge >= 0.3 is 5.97 Å². The van der Waals surface area contributed by atoms with E-state index in [9.17, 15) is 4.79 Å². The van der Waals surface area contributed by atoms with Crippen LogP contribution in [0.3, 0.4) is 0 Å². The van der Waals surface area contributed by atoms with Gasteiger partial charge in [0.25, 0.3) is 0 Å². The summed E-state index contributed by atoms with van der Waals surface area (Å²) in [6, 6.07) is 3.64. The van der Waals surface area contributed by atoms with Crippen LogP contribution in [0.2, 0.25) is 0 Å². The molecule has 72 valence electrons. The number of hydrogen-bond donors (Lipinski definition) is 3. The van der Waals surface area contributed by atoms with Crippen molar-refractivity contribution in [3.05, 3.63) is 23.2 Å². The normalized spacial score (nSPS) is 10.3. The molecule has 5 nitrogen and oxygen atoms in total. The van der Waals surface area contributed by atoms with Gasteiger partial charge in [0.1, 0.15) is 0 Å². The predicted octanol–water partition coefficient (Wildman–Crippen LogP) is 1.42. The van der Waals surface area contributed by atoms with Gasteiger partial charge in [-0.2, -0.15) is 5.10 Å². The number of aromatic amines is 1. The molecule has 4 N–H and O–H groups in total. The third kappa shape index (κ3) is 1.25. The van der Waals surface area contributed by atoms with Gasteiger partial charge in [0.15, 0.2) is 11.5 Å². The Morgan fingerprint density at radius 3 is 3.00 bits per heavy atom. The van der Waals surface area contributed by atoms with E-state index in [1.165, 1.54) is 11.3 Å². The van der Waals surface area contributed by atoms with Crippen molar-refractivity contribution < 1.29 is 9.90 Å². The highest BCUT2D eigenvalue weighted by Crippen LogP contribution is 2.31. The van der Waals surface area contributed by atoms with E-state index in [1.807, 2.05) is 11.4 Å². The fourth-order valence-corrected chi connectivity index (χ4v) is 1.97. The lowest BCUT2D eigenvalue weighted by molar-refractivity contribution is 0.0691. The van der Waals surface area contributed by atoms with Crippen LogP contribution in [0.1, 0.15) is 10.5 Å². The third-order valence-corrected chi connectivity index (χ3v) is 2.66. The van der Waals surface area contributed by atoms with Gasteiger partial charge in [-0.3, -0.25) is 5.10 Å². The van der Waals surface area contributed by atoms with Crippen molar-refractivity contribution in [1.82, 2.24) is 10.2 Å². The number of H-pyrrole nitrogens is 1. The molecular formula is C8H7N3O2S. The van der Waals surface area contributed by atoms with Crippen LogP contribution < -0.4 is 5.73 Å². The van der Waals surface area contributed by atoms with E-state index in [4.69, 9.17) is 10.8 Å². The van der Waals surface area contributed by atoms with Gasteiger partial charge in [0.2, 0.25) is 0 Å². The summed E-state index contributed by atoms with van der Waals surface area (Å²) in [6.07, 6.45) is 0. The first-order chi connectivity index (χ1) is 6.70. The van der Waals surface area contributed by atoms with E-state index in [-0.39, 0.29) is 11.5 Å². The summed E-state index contributed by atoms with van der Waals surface area (Å²) in [6.45, 7) is 0. The number of nitrogens with two attached hydrogens (primary N) is 1. The molecular weight excluding hydrogens is 202 g/mol. The first kappa shape index (κ1) is 8.76. The topological polar surface area (TPSA) is 92.0 Å². The average molecular weight is 209 g/mol. The summed E-state index contributed by atoms with van der Waals surface area (Å²) in [5.41, 5.74) is 6.07. The van der Waals surface area contributed by atoms with Gasteiger partial charge in [-0.1, -0.05) is 6.07 Å². The number of aromatic carboxylic acids is 1. The van der Waals surface area contributed by atoms with E-state index < -0.39 is 5.97 Å². The number of carbonyl (C=O) groups is 1. The van der Waals surface area contributed by atoms with E-state index in [1.54, 1.807) is 6.07 Å². The van der Waals surface area contributed by atoms with E-state index in [0.29, 0.717) is 5.56 Å².